The SMILES string of the molecule is CC(C)CCOCCOCCOCCOc1ccc(C(CC(=O)O)N2CCN(CCCc3ccc4c(n3)CCCC4)C2=O)cc1F. The molecule has 2 aromatic rings. The van der Waals surface area contributed by atoms with E-state index in [-0.39, 0.29) is 31.4 Å². The van der Waals surface area contributed by atoms with Crippen molar-refractivity contribution in [2.45, 2.75) is 71.3 Å². The Labute approximate surface area is 272 Å². The van der Waals surface area contributed by atoms with E-state index in [1.807, 2.05) is 0 Å². The van der Waals surface area contributed by atoms with Crippen molar-refractivity contribution in [1.82, 2.24) is 14.8 Å². The van der Waals surface area contributed by atoms with Crippen molar-refractivity contribution in [2.75, 3.05) is 65.9 Å². The van der Waals surface area contributed by atoms with Gasteiger partial charge in [0.1, 0.15) is 6.61 Å². The molecule has 0 spiro atoms. The first-order chi connectivity index (χ1) is 22.3. The number of rotatable bonds is 21. The minimum atomic E-state index is -1.06. The predicted molar refractivity (Wildman–Crippen MR) is 172 cm³/mol. The number of carbonyl (C=O) groups is 2. The zero-order valence-corrected chi connectivity index (χ0v) is 27.4. The summed E-state index contributed by atoms with van der Waals surface area (Å²) in [4.78, 5) is 33.2. The molecule has 2 heterocycles. The highest BCUT2D eigenvalue weighted by molar-refractivity contribution is 5.78. The number of aromatic nitrogens is 1. The van der Waals surface area contributed by atoms with Crippen LogP contribution in [0.2, 0.25) is 0 Å². The molecule has 0 saturated carbocycles. The summed E-state index contributed by atoms with van der Waals surface area (Å²) in [5.74, 6) is -1.01. The van der Waals surface area contributed by atoms with E-state index in [0.717, 1.165) is 44.4 Å². The van der Waals surface area contributed by atoms with Crippen molar-refractivity contribution in [1.29, 1.82) is 0 Å². The number of amides is 2. The Bertz CT molecular complexity index is 1260. The number of aliphatic carboxylic acids is 1. The van der Waals surface area contributed by atoms with E-state index >= 15 is 4.39 Å². The monoisotopic (exact) mass is 643 g/mol. The van der Waals surface area contributed by atoms with Crippen LogP contribution >= 0.6 is 0 Å². The van der Waals surface area contributed by atoms with Crippen LogP contribution in [0.25, 0.3) is 0 Å². The number of ether oxygens (including phenoxy) is 4. The standard InChI is InChI=1S/C35H50FN3O7/c1-26(2)13-17-43-18-19-44-20-21-45-22-23-46-33-12-10-28(24-30(33)36)32(25-34(40)41)39-16-15-38(35(39)42)14-5-7-29-11-9-27-6-3-4-8-31(27)37-29/h9-12,24,26,32H,3-8,13-23,25H2,1-2H3,(H,40,41). The molecule has 0 radical (unpaired) electrons. The molecule has 2 aliphatic rings. The highest BCUT2D eigenvalue weighted by Crippen LogP contribution is 2.31. The lowest BCUT2D eigenvalue weighted by Crippen LogP contribution is -2.36. The predicted octanol–water partition coefficient (Wildman–Crippen LogP) is 5.46. The van der Waals surface area contributed by atoms with Gasteiger partial charge < -0.3 is 33.9 Å². The van der Waals surface area contributed by atoms with Crippen LogP contribution in [0, 0.1) is 11.7 Å². The lowest BCUT2D eigenvalue weighted by atomic mass is 9.95. The summed E-state index contributed by atoms with van der Waals surface area (Å²) in [7, 11) is 0. The maximum atomic E-state index is 15.0. The summed E-state index contributed by atoms with van der Waals surface area (Å²) >= 11 is 0. The molecule has 10 nitrogen and oxygen atoms in total. The molecule has 1 saturated heterocycles. The van der Waals surface area contributed by atoms with Gasteiger partial charge in [-0.3, -0.25) is 9.78 Å². The van der Waals surface area contributed by atoms with Gasteiger partial charge in [-0.25, -0.2) is 9.18 Å². The molecule has 1 aliphatic heterocycles. The van der Waals surface area contributed by atoms with E-state index in [9.17, 15) is 14.7 Å². The van der Waals surface area contributed by atoms with Gasteiger partial charge in [-0.2, -0.15) is 0 Å². The molecule has 11 heteroatoms. The number of fused-ring (bicyclic) bond motifs is 1. The largest absolute Gasteiger partial charge is 0.488 e. The normalized spacial score (nSPS) is 15.4. The number of pyridine rings is 1. The van der Waals surface area contributed by atoms with Gasteiger partial charge in [-0.05, 0) is 80.2 Å². The number of hydrogen-bond donors (Lipinski definition) is 1. The number of carboxylic acid groups (broad SMARTS) is 1. The van der Waals surface area contributed by atoms with E-state index < -0.39 is 17.8 Å². The van der Waals surface area contributed by atoms with Crippen molar-refractivity contribution in [3.63, 3.8) is 0 Å². The highest BCUT2D eigenvalue weighted by atomic mass is 19.1. The van der Waals surface area contributed by atoms with Gasteiger partial charge in [0.25, 0.3) is 0 Å². The second kappa shape index (κ2) is 18.8. The van der Waals surface area contributed by atoms with E-state index in [4.69, 9.17) is 23.9 Å². The van der Waals surface area contributed by atoms with Gasteiger partial charge in [0.15, 0.2) is 11.6 Å². The van der Waals surface area contributed by atoms with Gasteiger partial charge in [-0.1, -0.05) is 26.0 Å². The first kappa shape index (κ1) is 35.6. The Morgan fingerprint density at radius 2 is 1.67 bits per heavy atom. The fourth-order valence-corrected chi connectivity index (χ4v) is 5.80. The van der Waals surface area contributed by atoms with Crippen LogP contribution in [-0.2, 0) is 38.3 Å². The van der Waals surface area contributed by atoms with Crippen LogP contribution in [0.5, 0.6) is 5.75 Å². The Hall–Kier alpha value is -3.28. The van der Waals surface area contributed by atoms with Crippen LogP contribution in [0.1, 0.15) is 74.5 Å². The van der Waals surface area contributed by atoms with Crippen LogP contribution in [0.15, 0.2) is 30.3 Å². The molecule has 0 bridgehead atoms. The number of carboxylic acids is 1. The molecule has 2 amide bonds. The van der Waals surface area contributed by atoms with Gasteiger partial charge in [-0.15, -0.1) is 0 Å². The van der Waals surface area contributed by atoms with Crippen LogP contribution in [-0.4, -0.2) is 97.8 Å². The average Bonchev–Trinajstić information content (AvgIpc) is 3.40. The summed E-state index contributed by atoms with van der Waals surface area (Å²) in [6, 6.07) is 7.62. The Kier molecular flexibility index (Phi) is 14.5. The van der Waals surface area contributed by atoms with Crippen molar-refractivity contribution in [3.8, 4) is 5.75 Å². The number of benzene rings is 1. The summed E-state index contributed by atoms with van der Waals surface area (Å²) in [6.45, 7) is 8.75. The minimum absolute atomic E-state index is 0.0429. The molecule has 1 unspecified atom stereocenters. The third kappa shape index (κ3) is 11.2. The zero-order valence-electron chi connectivity index (χ0n) is 27.4. The summed E-state index contributed by atoms with van der Waals surface area (Å²) in [6.07, 6.45) is 6.77. The van der Waals surface area contributed by atoms with Crippen molar-refractivity contribution in [2.24, 2.45) is 5.92 Å². The number of urea groups is 1. The topological polar surface area (TPSA) is 111 Å². The first-order valence-electron chi connectivity index (χ1n) is 16.7. The summed E-state index contributed by atoms with van der Waals surface area (Å²) in [5.41, 5.74) is 4.01. The molecule has 1 atom stereocenters. The quantitative estimate of drug-likeness (QED) is 0.179. The second-order valence-electron chi connectivity index (χ2n) is 12.4. The van der Waals surface area contributed by atoms with Crippen molar-refractivity contribution >= 4 is 12.0 Å². The van der Waals surface area contributed by atoms with Crippen LogP contribution in [0.4, 0.5) is 9.18 Å². The van der Waals surface area contributed by atoms with Crippen LogP contribution in [0.3, 0.4) is 0 Å². The number of halogens is 1. The fraction of sp³-hybridized carbons (Fsp3) is 0.629. The van der Waals surface area contributed by atoms with Gasteiger partial charge in [0.2, 0.25) is 0 Å². The number of carbonyl (C=O) groups excluding carboxylic acids is 1. The molecule has 1 aromatic carbocycles. The molecule has 1 fully saturated rings. The molecule has 1 aliphatic carbocycles. The molecule has 4 rings (SSSR count). The molecule has 46 heavy (non-hydrogen) atoms. The minimum Gasteiger partial charge on any atom is -0.488 e. The third-order valence-electron chi connectivity index (χ3n) is 8.38. The smallest absolute Gasteiger partial charge is 0.320 e. The molecule has 254 valence electrons. The molecular weight excluding hydrogens is 593 g/mol. The summed E-state index contributed by atoms with van der Waals surface area (Å²) in [5, 5.41) is 9.61. The number of aryl methyl sites for hydroxylation is 3. The Balaban J connectivity index is 1.19. The van der Waals surface area contributed by atoms with Crippen molar-refractivity contribution in [3.05, 3.63) is 58.7 Å². The second-order valence-corrected chi connectivity index (χ2v) is 12.4. The Morgan fingerprint density at radius 3 is 2.39 bits per heavy atom. The van der Waals surface area contributed by atoms with Gasteiger partial charge >= 0.3 is 12.0 Å². The highest BCUT2D eigenvalue weighted by Gasteiger charge is 2.35. The van der Waals surface area contributed by atoms with E-state index in [1.165, 1.54) is 41.1 Å². The zero-order chi connectivity index (χ0) is 32.7. The maximum absolute atomic E-state index is 15.0. The van der Waals surface area contributed by atoms with E-state index in [1.54, 1.807) is 11.0 Å². The van der Waals surface area contributed by atoms with Gasteiger partial charge in [0.05, 0.1) is 45.5 Å². The number of nitrogens with zero attached hydrogens (tertiary/aromatic N) is 3. The summed E-state index contributed by atoms with van der Waals surface area (Å²) < 4.78 is 37.0. The first-order valence-corrected chi connectivity index (χ1v) is 16.7. The third-order valence-corrected chi connectivity index (χ3v) is 8.38. The number of hydrogen-bond acceptors (Lipinski definition) is 7. The molecule has 1 N–H and O–H groups in total. The molecule has 1 aromatic heterocycles. The van der Waals surface area contributed by atoms with E-state index in [2.05, 4.69) is 26.0 Å². The fourth-order valence-electron chi connectivity index (χ4n) is 5.80. The van der Waals surface area contributed by atoms with Crippen molar-refractivity contribution < 1.29 is 38.0 Å². The molecular formula is C35H50FN3O7. The van der Waals surface area contributed by atoms with E-state index in [0.29, 0.717) is 57.5 Å². The Morgan fingerprint density at radius 1 is 0.957 bits per heavy atom. The lowest BCUT2D eigenvalue weighted by Gasteiger charge is -2.27. The lowest BCUT2D eigenvalue weighted by molar-refractivity contribution is -0.138. The average molecular weight is 644 g/mol. The maximum Gasteiger partial charge on any atom is 0.320 e. The van der Waals surface area contributed by atoms with Gasteiger partial charge in [0, 0.05) is 37.6 Å². The van der Waals surface area contributed by atoms with Crippen LogP contribution < -0.4 is 4.74 Å².